The lowest BCUT2D eigenvalue weighted by Gasteiger charge is -2.00. The minimum absolute atomic E-state index is 0.0339. The molecule has 2 aromatic heterocycles. The summed E-state index contributed by atoms with van der Waals surface area (Å²) in [5, 5.41) is 6.16. The van der Waals surface area contributed by atoms with E-state index in [1.54, 1.807) is 13.1 Å². The Morgan fingerprint density at radius 1 is 1.50 bits per heavy atom. The predicted octanol–water partition coefficient (Wildman–Crippen LogP) is 0.703. The predicted molar refractivity (Wildman–Crippen MR) is 54.4 cm³/mol. The average molecular weight is 218 g/mol. The number of aromatic nitrogens is 3. The molecule has 0 aliphatic carbocycles. The van der Waals surface area contributed by atoms with Gasteiger partial charge in [-0.05, 0) is 19.1 Å². The van der Waals surface area contributed by atoms with Gasteiger partial charge in [-0.25, -0.2) is 0 Å². The molecule has 6 heteroatoms. The highest BCUT2D eigenvalue weighted by molar-refractivity contribution is 5.89. The number of hydrogen-bond donors (Lipinski definition) is 1. The third-order valence-corrected chi connectivity index (χ3v) is 1.88. The molecule has 0 saturated carbocycles. The largest absolute Gasteiger partial charge is 0.342 e. The second-order valence-electron chi connectivity index (χ2n) is 3.15. The van der Waals surface area contributed by atoms with Crippen LogP contribution < -0.4 is 5.32 Å². The van der Waals surface area contributed by atoms with E-state index >= 15 is 0 Å². The molecule has 0 radical (unpaired) electrons. The molecule has 2 heterocycles. The van der Waals surface area contributed by atoms with Crippen LogP contribution >= 0.6 is 0 Å². The molecular weight excluding hydrogens is 208 g/mol. The van der Waals surface area contributed by atoms with E-state index in [1.165, 1.54) is 0 Å². The van der Waals surface area contributed by atoms with Gasteiger partial charge in [-0.1, -0.05) is 11.2 Å². The van der Waals surface area contributed by atoms with Crippen LogP contribution in [0, 0.1) is 6.92 Å². The Bertz CT molecular complexity index is 481. The summed E-state index contributed by atoms with van der Waals surface area (Å²) in [5.74, 6) is 0.00247. The standard InChI is InChI=1S/C10H10N4O2/c1-7-13-10(16-14-7)9(15)12-6-8-4-2-3-5-11-8/h2-5H,6H2,1H3,(H,12,15). The van der Waals surface area contributed by atoms with Gasteiger partial charge in [0.05, 0.1) is 12.2 Å². The van der Waals surface area contributed by atoms with Crippen LogP contribution in [-0.4, -0.2) is 21.0 Å². The average Bonchev–Trinajstić information content (AvgIpc) is 2.74. The Balaban J connectivity index is 1.94. The van der Waals surface area contributed by atoms with Crippen molar-refractivity contribution in [2.45, 2.75) is 13.5 Å². The van der Waals surface area contributed by atoms with Crippen molar-refractivity contribution in [3.63, 3.8) is 0 Å². The fourth-order valence-corrected chi connectivity index (χ4v) is 1.14. The van der Waals surface area contributed by atoms with Gasteiger partial charge < -0.3 is 9.84 Å². The van der Waals surface area contributed by atoms with Crippen LogP contribution in [0.2, 0.25) is 0 Å². The number of pyridine rings is 1. The maximum Gasteiger partial charge on any atom is 0.315 e. The summed E-state index contributed by atoms with van der Waals surface area (Å²) in [6.07, 6.45) is 1.67. The summed E-state index contributed by atoms with van der Waals surface area (Å²) in [6, 6.07) is 5.48. The zero-order valence-electron chi connectivity index (χ0n) is 8.67. The smallest absolute Gasteiger partial charge is 0.315 e. The van der Waals surface area contributed by atoms with Crippen LogP contribution in [-0.2, 0) is 6.54 Å². The SMILES string of the molecule is Cc1noc(C(=O)NCc2ccccn2)n1. The van der Waals surface area contributed by atoms with Gasteiger partial charge in [0.15, 0.2) is 5.82 Å². The first-order chi connectivity index (χ1) is 7.75. The van der Waals surface area contributed by atoms with E-state index in [-0.39, 0.29) is 5.89 Å². The highest BCUT2D eigenvalue weighted by Gasteiger charge is 2.12. The lowest BCUT2D eigenvalue weighted by molar-refractivity contribution is 0.0906. The Morgan fingerprint density at radius 2 is 2.38 bits per heavy atom. The lowest BCUT2D eigenvalue weighted by atomic mass is 10.3. The van der Waals surface area contributed by atoms with Crippen LogP contribution in [0.5, 0.6) is 0 Å². The van der Waals surface area contributed by atoms with E-state index in [0.29, 0.717) is 12.4 Å². The molecule has 2 rings (SSSR count). The Labute approximate surface area is 91.7 Å². The summed E-state index contributed by atoms with van der Waals surface area (Å²) < 4.78 is 4.72. The molecule has 1 amide bonds. The highest BCUT2D eigenvalue weighted by atomic mass is 16.5. The topological polar surface area (TPSA) is 80.9 Å². The number of carbonyl (C=O) groups is 1. The molecule has 0 aliphatic heterocycles. The summed E-state index contributed by atoms with van der Waals surface area (Å²) in [6.45, 7) is 1.99. The number of nitrogens with one attached hydrogen (secondary N) is 1. The molecule has 6 nitrogen and oxygen atoms in total. The zero-order chi connectivity index (χ0) is 11.4. The van der Waals surface area contributed by atoms with Crippen LogP contribution in [0.1, 0.15) is 22.2 Å². The first-order valence-electron chi connectivity index (χ1n) is 4.74. The first kappa shape index (κ1) is 10.3. The summed E-state index contributed by atoms with van der Waals surface area (Å²) >= 11 is 0. The van der Waals surface area contributed by atoms with Gasteiger partial charge in [0, 0.05) is 6.20 Å². The minimum Gasteiger partial charge on any atom is -0.342 e. The molecule has 0 bridgehead atoms. The van der Waals surface area contributed by atoms with Crippen molar-refractivity contribution in [1.82, 2.24) is 20.4 Å². The Hall–Kier alpha value is -2.24. The van der Waals surface area contributed by atoms with Crippen molar-refractivity contribution < 1.29 is 9.32 Å². The third kappa shape index (κ3) is 2.41. The molecule has 0 fully saturated rings. The maximum absolute atomic E-state index is 11.5. The zero-order valence-corrected chi connectivity index (χ0v) is 8.67. The molecule has 0 unspecified atom stereocenters. The fraction of sp³-hybridized carbons (Fsp3) is 0.200. The van der Waals surface area contributed by atoms with E-state index in [0.717, 1.165) is 5.69 Å². The molecule has 1 N–H and O–H groups in total. The van der Waals surface area contributed by atoms with Gasteiger partial charge >= 0.3 is 11.8 Å². The molecule has 0 aliphatic rings. The second-order valence-corrected chi connectivity index (χ2v) is 3.15. The maximum atomic E-state index is 11.5. The van der Waals surface area contributed by atoms with Crippen LogP contribution in [0.3, 0.4) is 0 Å². The van der Waals surface area contributed by atoms with Gasteiger partial charge in [-0.15, -0.1) is 0 Å². The Morgan fingerprint density at radius 3 is 3.00 bits per heavy atom. The lowest BCUT2D eigenvalue weighted by Crippen LogP contribution is -2.23. The molecule has 0 aromatic carbocycles. The minimum atomic E-state index is -0.397. The summed E-state index contributed by atoms with van der Waals surface area (Å²) in [4.78, 5) is 19.4. The number of hydrogen-bond acceptors (Lipinski definition) is 5. The van der Waals surface area contributed by atoms with Crippen molar-refractivity contribution in [1.29, 1.82) is 0 Å². The van der Waals surface area contributed by atoms with Crippen molar-refractivity contribution in [2.75, 3.05) is 0 Å². The van der Waals surface area contributed by atoms with Crippen molar-refractivity contribution in [3.05, 3.63) is 41.8 Å². The van der Waals surface area contributed by atoms with Crippen molar-refractivity contribution in [3.8, 4) is 0 Å². The second kappa shape index (κ2) is 4.52. The van der Waals surface area contributed by atoms with Crippen LogP contribution in [0.4, 0.5) is 0 Å². The van der Waals surface area contributed by atoms with E-state index in [9.17, 15) is 4.79 Å². The Kier molecular flexibility index (Phi) is 2.90. The van der Waals surface area contributed by atoms with Gasteiger partial charge in [-0.3, -0.25) is 9.78 Å². The summed E-state index contributed by atoms with van der Waals surface area (Å²) in [7, 11) is 0. The highest BCUT2D eigenvalue weighted by Crippen LogP contribution is 1.97. The quantitative estimate of drug-likeness (QED) is 0.820. The number of amides is 1. The molecule has 16 heavy (non-hydrogen) atoms. The van der Waals surface area contributed by atoms with Gasteiger partial charge in [0.2, 0.25) is 0 Å². The molecule has 2 aromatic rings. The number of aryl methyl sites for hydroxylation is 1. The third-order valence-electron chi connectivity index (χ3n) is 1.88. The number of carbonyl (C=O) groups excluding carboxylic acids is 1. The van der Waals surface area contributed by atoms with Crippen LogP contribution in [0.25, 0.3) is 0 Å². The first-order valence-corrected chi connectivity index (χ1v) is 4.74. The number of nitrogens with zero attached hydrogens (tertiary/aromatic N) is 3. The van der Waals surface area contributed by atoms with Crippen molar-refractivity contribution in [2.24, 2.45) is 0 Å². The fourth-order valence-electron chi connectivity index (χ4n) is 1.14. The number of rotatable bonds is 3. The van der Waals surface area contributed by atoms with E-state index in [1.807, 2.05) is 18.2 Å². The van der Waals surface area contributed by atoms with Crippen molar-refractivity contribution >= 4 is 5.91 Å². The summed E-state index contributed by atoms with van der Waals surface area (Å²) in [5.41, 5.74) is 0.770. The van der Waals surface area contributed by atoms with Gasteiger partial charge in [-0.2, -0.15) is 4.98 Å². The molecule has 0 atom stereocenters. The molecular formula is C10H10N4O2. The normalized spacial score (nSPS) is 10.1. The van der Waals surface area contributed by atoms with Crippen LogP contribution in [0.15, 0.2) is 28.9 Å². The monoisotopic (exact) mass is 218 g/mol. The van der Waals surface area contributed by atoms with E-state index < -0.39 is 5.91 Å². The van der Waals surface area contributed by atoms with E-state index in [2.05, 4.69) is 20.4 Å². The molecule has 0 spiro atoms. The molecule has 82 valence electrons. The molecule has 0 saturated heterocycles. The van der Waals surface area contributed by atoms with Gasteiger partial charge in [0.25, 0.3) is 0 Å². The van der Waals surface area contributed by atoms with Gasteiger partial charge in [0.1, 0.15) is 0 Å². The van der Waals surface area contributed by atoms with E-state index in [4.69, 9.17) is 4.52 Å².